The Balaban J connectivity index is 1.25. The predicted molar refractivity (Wildman–Crippen MR) is 117 cm³/mol. The molecule has 0 amide bonds. The number of piperidine rings is 1. The molecule has 3 aliphatic rings. The van der Waals surface area contributed by atoms with Gasteiger partial charge in [0.15, 0.2) is 0 Å². The number of para-hydroxylation sites is 1. The monoisotopic (exact) mass is 368 g/mol. The highest BCUT2D eigenvalue weighted by Crippen LogP contribution is 2.45. The summed E-state index contributed by atoms with van der Waals surface area (Å²) in [7, 11) is 0. The first-order valence-corrected chi connectivity index (χ1v) is 10.9. The van der Waals surface area contributed by atoms with Gasteiger partial charge in [-0.15, -0.1) is 0 Å². The number of nitrogens with zero attached hydrogens (tertiary/aromatic N) is 2. The van der Waals surface area contributed by atoms with Crippen LogP contribution in [-0.2, 0) is 6.42 Å². The molecular weight excluding hydrogens is 340 g/mol. The van der Waals surface area contributed by atoms with Crippen LogP contribution in [-0.4, -0.2) is 30.1 Å². The van der Waals surface area contributed by atoms with E-state index in [-0.39, 0.29) is 0 Å². The van der Waals surface area contributed by atoms with Gasteiger partial charge in [-0.05, 0) is 66.1 Å². The maximum Gasteiger partial charge on any atom is 0.0427 e. The van der Waals surface area contributed by atoms with E-state index >= 15 is 0 Å². The minimum atomic E-state index is 0.384. The summed E-state index contributed by atoms with van der Waals surface area (Å²) in [5, 5.41) is 2.94. The molecule has 3 aromatic carbocycles. The molecule has 1 unspecified atom stereocenters. The number of likely N-dealkylation sites (tertiary alicyclic amines) is 1. The van der Waals surface area contributed by atoms with Gasteiger partial charge in [0.1, 0.15) is 0 Å². The lowest BCUT2D eigenvalue weighted by molar-refractivity contribution is 0.120. The van der Waals surface area contributed by atoms with Crippen molar-refractivity contribution < 1.29 is 0 Å². The first kappa shape index (κ1) is 16.6. The largest absolute Gasteiger partial charge is 0.366 e. The van der Waals surface area contributed by atoms with Crippen LogP contribution in [0.4, 0.5) is 5.69 Å². The second-order valence-electron chi connectivity index (χ2n) is 8.93. The fourth-order valence-corrected chi connectivity index (χ4v) is 6.26. The van der Waals surface area contributed by atoms with Crippen LogP contribution < -0.4 is 4.90 Å². The summed E-state index contributed by atoms with van der Waals surface area (Å²) in [6.45, 7) is 3.66. The van der Waals surface area contributed by atoms with Crippen molar-refractivity contribution >= 4 is 16.5 Å². The summed E-state index contributed by atoms with van der Waals surface area (Å²) in [4.78, 5) is 5.51. The molecule has 2 aliphatic heterocycles. The van der Waals surface area contributed by atoms with Crippen LogP contribution in [0.3, 0.4) is 0 Å². The number of rotatable bonds is 2. The van der Waals surface area contributed by atoms with Gasteiger partial charge in [0.05, 0.1) is 0 Å². The minimum absolute atomic E-state index is 0.384. The Hall–Kier alpha value is -2.32. The van der Waals surface area contributed by atoms with Crippen LogP contribution in [0.2, 0.25) is 0 Å². The quantitative estimate of drug-likeness (QED) is 0.583. The van der Waals surface area contributed by atoms with Crippen molar-refractivity contribution in [2.24, 2.45) is 0 Å². The van der Waals surface area contributed by atoms with Crippen LogP contribution in [0.25, 0.3) is 10.8 Å². The first-order chi connectivity index (χ1) is 13.8. The molecule has 142 valence electrons. The number of hydrogen-bond donors (Lipinski definition) is 0. The molecule has 1 spiro atoms. The molecule has 0 radical (unpaired) electrons. The average molecular weight is 369 g/mol. The van der Waals surface area contributed by atoms with Gasteiger partial charge >= 0.3 is 0 Å². The average Bonchev–Trinajstić information content (AvgIpc) is 3.33. The fraction of sp³-hybridized carbons (Fsp3) is 0.385. The van der Waals surface area contributed by atoms with Crippen molar-refractivity contribution in [2.75, 3.05) is 24.5 Å². The molecule has 2 heterocycles. The van der Waals surface area contributed by atoms with Gasteiger partial charge in [0, 0.05) is 36.9 Å². The van der Waals surface area contributed by atoms with Crippen LogP contribution in [0.15, 0.2) is 66.7 Å². The zero-order valence-corrected chi connectivity index (χ0v) is 16.5. The van der Waals surface area contributed by atoms with Gasteiger partial charge in [-0.25, -0.2) is 0 Å². The van der Waals surface area contributed by atoms with Gasteiger partial charge in [0.2, 0.25) is 0 Å². The normalized spacial score (nSPS) is 23.7. The highest BCUT2D eigenvalue weighted by Gasteiger charge is 2.44. The van der Waals surface area contributed by atoms with Crippen LogP contribution in [0, 0.1) is 0 Å². The smallest absolute Gasteiger partial charge is 0.0427 e. The molecule has 3 aromatic rings. The number of hydrogen-bond acceptors (Lipinski definition) is 2. The maximum atomic E-state index is 2.78. The Morgan fingerprint density at radius 3 is 2.36 bits per heavy atom. The lowest BCUT2D eigenvalue weighted by atomic mass is 9.83. The zero-order chi connectivity index (χ0) is 18.6. The van der Waals surface area contributed by atoms with Crippen LogP contribution in [0.1, 0.15) is 42.9 Å². The van der Waals surface area contributed by atoms with Crippen molar-refractivity contribution in [3.63, 3.8) is 0 Å². The van der Waals surface area contributed by atoms with Gasteiger partial charge in [-0.2, -0.15) is 0 Å². The van der Waals surface area contributed by atoms with Gasteiger partial charge in [-0.1, -0.05) is 54.6 Å². The van der Waals surface area contributed by atoms with Crippen LogP contribution >= 0.6 is 0 Å². The van der Waals surface area contributed by atoms with E-state index in [2.05, 4.69) is 76.5 Å². The third-order valence-electron chi connectivity index (χ3n) is 7.63. The maximum absolute atomic E-state index is 2.78. The second-order valence-corrected chi connectivity index (χ2v) is 8.93. The lowest BCUT2D eigenvalue weighted by Gasteiger charge is -2.47. The highest BCUT2D eigenvalue weighted by atomic mass is 15.3. The Morgan fingerprint density at radius 1 is 0.750 bits per heavy atom. The summed E-state index contributed by atoms with van der Waals surface area (Å²) < 4.78 is 0. The molecule has 1 atom stereocenters. The van der Waals surface area contributed by atoms with E-state index < -0.39 is 0 Å². The first-order valence-electron chi connectivity index (χ1n) is 10.9. The molecule has 0 N–H and O–H groups in total. The molecule has 6 rings (SSSR count). The van der Waals surface area contributed by atoms with Crippen molar-refractivity contribution in [2.45, 2.75) is 43.7 Å². The Morgan fingerprint density at radius 2 is 1.54 bits per heavy atom. The molecule has 2 heteroatoms. The number of benzene rings is 3. The minimum Gasteiger partial charge on any atom is -0.366 e. The van der Waals surface area contributed by atoms with Gasteiger partial charge < -0.3 is 4.90 Å². The fourth-order valence-electron chi connectivity index (χ4n) is 6.26. The van der Waals surface area contributed by atoms with Crippen molar-refractivity contribution in [1.29, 1.82) is 0 Å². The molecule has 28 heavy (non-hydrogen) atoms. The molecule has 2 fully saturated rings. The van der Waals surface area contributed by atoms with Gasteiger partial charge in [0.25, 0.3) is 0 Å². The number of anilines is 1. The Bertz CT molecular complexity index is 996. The molecule has 0 bridgehead atoms. The third-order valence-corrected chi connectivity index (χ3v) is 7.63. The predicted octanol–water partition coefficient (Wildman–Crippen LogP) is 5.57. The van der Waals surface area contributed by atoms with Gasteiger partial charge in [-0.3, -0.25) is 4.90 Å². The van der Waals surface area contributed by atoms with Crippen molar-refractivity contribution in [3.05, 3.63) is 77.9 Å². The second kappa shape index (κ2) is 6.35. The zero-order valence-electron chi connectivity index (χ0n) is 16.5. The summed E-state index contributed by atoms with van der Waals surface area (Å²) in [6.07, 6.45) is 6.47. The topological polar surface area (TPSA) is 6.48 Å². The van der Waals surface area contributed by atoms with E-state index in [9.17, 15) is 0 Å². The van der Waals surface area contributed by atoms with E-state index in [1.807, 2.05) is 0 Å². The Labute approximate surface area is 167 Å². The summed E-state index contributed by atoms with van der Waals surface area (Å²) in [5.74, 6) is 0. The van der Waals surface area contributed by atoms with Crippen LogP contribution in [0.5, 0.6) is 0 Å². The standard InChI is InChI=1S/C26H28N2/c1-2-10-22(11-3-1)28-16-6-13-26(28)14-17-27(18-15-26)24-19-21-9-4-7-20-8-5-12-23(24)25(20)21/h1-5,7-12,24H,6,13-19H2. The summed E-state index contributed by atoms with van der Waals surface area (Å²) >= 11 is 0. The molecule has 0 aromatic heterocycles. The molecule has 0 saturated carbocycles. The molecule has 1 aliphatic carbocycles. The lowest BCUT2D eigenvalue weighted by Crippen LogP contribution is -2.52. The Kier molecular flexibility index (Phi) is 3.77. The van der Waals surface area contributed by atoms with E-state index in [1.165, 1.54) is 68.2 Å². The molecular formula is C26H28N2. The van der Waals surface area contributed by atoms with E-state index in [0.717, 1.165) is 0 Å². The summed E-state index contributed by atoms with van der Waals surface area (Å²) in [6, 6.07) is 25.4. The molecule has 2 saturated heterocycles. The third kappa shape index (κ3) is 2.44. The van der Waals surface area contributed by atoms with Crippen molar-refractivity contribution in [1.82, 2.24) is 4.90 Å². The summed E-state index contributed by atoms with van der Waals surface area (Å²) in [5.41, 5.74) is 4.92. The SMILES string of the molecule is c1ccc(N2CCCC23CCN(C2Cc4cccc5cccc2c45)CC3)cc1. The van der Waals surface area contributed by atoms with E-state index in [1.54, 1.807) is 11.1 Å². The van der Waals surface area contributed by atoms with E-state index in [0.29, 0.717) is 11.6 Å². The molecule has 2 nitrogen and oxygen atoms in total. The van der Waals surface area contributed by atoms with Crippen molar-refractivity contribution in [3.8, 4) is 0 Å². The van der Waals surface area contributed by atoms with E-state index in [4.69, 9.17) is 0 Å². The highest BCUT2D eigenvalue weighted by molar-refractivity contribution is 5.91.